The SMILES string of the molecule is Cc1nn(C)c(Cl)c1CC1(CBr)CCOC1. The van der Waals surface area contributed by atoms with Gasteiger partial charge >= 0.3 is 0 Å². The molecular formula is C11H16BrClN2O. The molecule has 2 rings (SSSR count). The Labute approximate surface area is 109 Å². The van der Waals surface area contributed by atoms with Crippen LogP contribution in [0, 0.1) is 12.3 Å². The fraction of sp³-hybridized carbons (Fsp3) is 0.727. The molecular weight excluding hydrogens is 291 g/mol. The molecule has 2 heterocycles. The van der Waals surface area contributed by atoms with E-state index < -0.39 is 0 Å². The first-order valence-electron chi connectivity index (χ1n) is 5.40. The standard InChI is InChI=1S/C11H16BrClN2O/c1-8-9(10(13)15(2)14-8)5-11(6-12)3-4-16-7-11/h3-7H2,1-2H3. The minimum Gasteiger partial charge on any atom is -0.381 e. The highest BCUT2D eigenvalue weighted by Crippen LogP contribution is 2.37. The zero-order valence-corrected chi connectivity index (χ0v) is 11.9. The van der Waals surface area contributed by atoms with Crippen LogP contribution < -0.4 is 0 Å². The van der Waals surface area contributed by atoms with Crippen molar-refractivity contribution in [3.05, 3.63) is 16.4 Å². The zero-order valence-electron chi connectivity index (χ0n) is 9.59. The summed E-state index contributed by atoms with van der Waals surface area (Å²) >= 11 is 9.85. The average molecular weight is 308 g/mol. The molecule has 0 aromatic carbocycles. The molecule has 1 atom stereocenters. The summed E-state index contributed by atoms with van der Waals surface area (Å²) in [4.78, 5) is 0. The van der Waals surface area contributed by atoms with E-state index in [1.54, 1.807) is 4.68 Å². The molecule has 16 heavy (non-hydrogen) atoms. The first kappa shape index (κ1) is 12.4. The van der Waals surface area contributed by atoms with Crippen molar-refractivity contribution < 1.29 is 4.74 Å². The van der Waals surface area contributed by atoms with Crippen LogP contribution in [-0.2, 0) is 18.2 Å². The van der Waals surface area contributed by atoms with E-state index in [9.17, 15) is 0 Å². The average Bonchev–Trinajstić information content (AvgIpc) is 2.81. The van der Waals surface area contributed by atoms with E-state index in [-0.39, 0.29) is 5.41 Å². The normalized spacial score (nSPS) is 25.2. The number of ether oxygens (including phenoxy) is 1. The summed E-state index contributed by atoms with van der Waals surface area (Å²) in [7, 11) is 1.88. The summed E-state index contributed by atoms with van der Waals surface area (Å²) in [6, 6.07) is 0. The molecule has 1 aliphatic rings. The molecule has 3 nitrogen and oxygen atoms in total. The molecule has 1 unspecified atom stereocenters. The first-order chi connectivity index (χ1) is 7.58. The molecule has 1 aliphatic heterocycles. The third-order valence-corrected chi connectivity index (χ3v) is 4.95. The van der Waals surface area contributed by atoms with Crippen molar-refractivity contribution in [2.24, 2.45) is 12.5 Å². The molecule has 0 amide bonds. The van der Waals surface area contributed by atoms with Gasteiger partial charge < -0.3 is 4.74 Å². The second-order valence-corrected chi connectivity index (χ2v) is 5.51. The predicted octanol–water partition coefficient (Wildman–Crippen LogP) is 2.73. The minimum absolute atomic E-state index is 0.192. The summed E-state index contributed by atoms with van der Waals surface area (Å²) in [5, 5.41) is 6.05. The summed E-state index contributed by atoms with van der Waals surface area (Å²) < 4.78 is 7.25. The number of rotatable bonds is 3. The van der Waals surface area contributed by atoms with Crippen molar-refractivity contribution in [3.8, 4) is 0 Å². The molecule has 0 aliphatic carbocycles. The number of aromatic nitrogens is 2. The molecule has 1 aromatic heterocycles. The van der Waals surface area contributed by atoms with E-state index in [1.807, 2.05) is 14.0 Å². The monoisotopic (exact) mass is 306 g/mol. The van der Waals surface area contributed by atoms with Gasteiger partial charge in [0.25, 0.3) is 0 Å². The number of alkyl halides is 1. The van der Waals surface area contributed by atoms with E-state index in [2.05, 4.69) is 21.0 Å². The van der Waals surface area contributed by atoms with Crippen LogP contribution >= 0.6 is 27.5 Å². The summed E-state index contributed by atoms with van der Waals surface area (Å²) in [6.45, 7) is 3.67. The smallest absolute Gasteiger partial charge is 0.130 e. The Bertz CT molecular complexity index is 386. The van der Waals surface area contributed by atoms with Crippen molar-refractivity contribution in [2.45, 2.75) is 19.8 Å². The van der Waals surface area contributed by atoms with Gasteiger partial charge in [0.2, 0.25) is 0 Å². The summed E-state index contributed by atoms with van der Waals surface area (Å²) in [5.74, 6) is 0. The van der Waals surface area contributed by atoms with Crippen molar-refractivity contribution in [2.75, 3.05) is 18.5 Å². The van der Waals surface area contributed by atoms with Crippen LogP contribution in [0.5, 0.6) is 0 Å². The topological polar surface area (TPSA) is 27.1 Å². The maximum atomic E-state index is 6.26. The van der Waals surface area contributed by atoms with Crippen molar-refractivity contribution in [1.82, 2.24) is 9.78 Å². The molecule has 0 bridgehead atoms. The number of nitrogens with zero attached hydrogens (tertiary/aromatic N) is 2. The molecule has 0 spiro atoms. The van der Waals surface area contributed by atoms with Gasteiger partial charge in [0, 0.05) is 30.0 Å². The van der Waals surface area contributed by atoms with Crippen LogP contribution in [0.15, 0.2) is 0 Å². The van der Waals surface area contributed by atoms with Crippen LogP contribution in [0.2, 0.25) is 5.15 Å². The van der Waals surface area contributed by atoms with E-state index in [0.717, 1.165) is 47.8 Å². The highest BCUT2D eigenvalue weighted by atomic mass is 79.9. The van der Waals surface area contributed by atoms with Crippen LogP contribution in [0.4, 0.5) is 0 Å². The van der Waals surface area contributed by atoms with Crippen LogP contribution in [-0.4, -0.2) is 28.3 Å². The number of aryl methyl sites for hydroxylation is 2. The minimum atomic E-state index is 0.192. The van der Waals surface area contributed by atoms with Gasteiger partial charge in [-0.15, -0.1) is 0 Å². The quantitative estimate of drug-likeness (QED) is 0.803. The van der Waals surface area contributed by atoms with Gasteiger partial charge in [-0.2, -0.15) is 5.10 Å². The van der Waals surface area contributed by atoms with Gasteiger partial charge in [-0.05, 0) is 19.8 Å². The van der Waals surface area contributed by atoms with Crippen molar-refractivity contribution >= 4 is 27.5 Å². The molecule has 1 aromatic rings. The van der Waals surface area contributed by atoms with Gasteiger partial charge in [-0.25, -0.2) is 0 Å². The Balaban J connectivity index is 2.25. The van der Waals surface area contributed by atoms with Gasteiger partial charge in [-0.1, -0.05) is 27.5 Å². The number of hydrogen-bond donors (Lipinski definition) is 0. The number of hydrogen-bond acceptors (Lipinski definition) is 2. The third-order valence-electron chi connectivity index (χ3n) is 3.29. The zero-order chi connectivity index (χ0) is 11.8. The second-order valence-electron chi connectivity index (χ2n) is 4.59. The lowest BCUT2D eigenvalue weighted by Gasteiger charge is -2.24. The lowest BCUT2D eigenvalue weighted by Crippen LogP contribution is -2.26. The number of halogens is 2. The Kier molecular flexibility index (Phi) is 3.62. The Hall–Kier alpha value is -0.0600. The molecule has 0 saturated carbocycles. The van der Waals surface area contributed by atoms with Gasteiger partial charge in [0.15, 0.2) is 0 Å². The maximum absolute atomic E-state index is 6.26. The predicted molar refractivity (Wildman–Crippen MR) is 68.3 cm³/mol. The molecule has 90 valence electrons. The van der Waals surface area contributed by atoms with Crippen molar-refractivity contribution in [1.29, 1.82) is 0 Å². The first-order valence-corrected chi connectivity index (χ1v) is 6.90. The molecule has 0 N–H and O–H groups in total. The lowest BCUT2D eigenvalue weighted by molar-refractivity contribution is 0.162. The Morgan fingerprint density at radius 1 is 1.62 bits per heavy atom. The van der Waals surface area contributed by atoms with Gasteiger partial charge in [0.05, 0.1) is 12.3 Å². The molecule has 0 radical (unpaired) electrons. The maximum Gasteiger partial charge on any atom is 0.130 e. The van der Waals surface area contributed by atoms with E-state index in [0.29, 0.717) is 0 Å². The lowest BCUT2D eigenvalue weighted by atomic mass is 9.83. The summed E-state index contributed by atoms with van der Waals surface area (Å²) in [5.41, 5.74) is 2.38. The highest BCUT2D eigenvalue weighted by Gasteiger charge is 2.35. The van der Waals surface area contributed by atoms with Crippen molar-refractivity contribution in [3.63, 3.8) is 0 Å². The fourth-order valence-electron chi connectivity index (χ4n) is 2.19. The second kappa shape index (κ2) is 4.67. The van der Waals surface area contributed by atoms with E-state index >= 15 is 0 Å². The van der Waals surface area contributed by atoms with E-state index in [4.69, 9.17) is 16.3 Å². The third kappa shape index (κ3) is 2.15. The highest BCUT2D eigenvalue weighted by molar-refractivity contribution is 9.09. The van der Waals surface area contributed by atoms with E-state index in [1.165, 1.54) is 0 Å². The fourth-order valence-corrected chi connectivity index (χ4v) is 3.07. The Morgan fingerprint density at radius 3 is 2.81 bits per heavy atom. The molecule has 5 heteroatoms. The van der Waals surface area contributed by atoms with Crippen LogP contribution in [0.3, 0.4) is 0 Å². The Morgan fingerprint density at radius 2 is 2.38 bits per heavy atom. The largest absolute Gasteiger partial charge is 0.381 e. The van der Waals surface area contributed by atoms with Crippen LogP contribution in [0.1, 0.15) is 17.7 Å². The van der Waals surface area contributed by atoms with Crippen LogP contribution in [0.25, 0.3) is 0 Å². The summed E-state index contributed by atoms with van der Waals surface area (Å²) in [6.07, 6.45) is 2.03. The molecule has 1 saturated heterocycles. The van der Waals surface area contributed by atoms with Gasteiger partial charge in [0.1, 0.15) is 5.15 Å². The van der Waals surface area contributed by atoms with Gasteiger partial charge in [-0.3, -0.25) is 4.68 Å². The molecule has 1 fully saturated rings.